The molecular weight excluding hydrogens is 224 g/mol. The first-order valence-electron chi connectivity index (χ1n) is 3.72. The molecule has 0 aliphatic carbocycles. The highest BCUT2D eigenvalue weighted by Crippen LogP contribution is 2.19. The van der Waals surface area contributed by atoms with E-state index >= 15 is 0 Å². The molecule has 0 fully saturated rings. The average Bonchev–Trinajstić information content (AvgIpc) is 2.16. The SMILES string of the molecule is O=S(=O)(Cl)c1ccc2ncncc2c1. The molecule has 4 nitrogen and oxygen atoms in total. The highest BCUT2D eigenvalue weighted by Gasteiger charge is 2.09. The lowest BCUT2D eigenvalue weighted by Gasteiger charge is -1.98. The lowest BCUT2D eigenvalue weighted by molar-refractivity contribution is 0.609. The van der Waals surface area contributed by atoms with Crippen molar-refractivity contribution in [1.82, 2.24) is 9.97 Å². The van der Waals surface area contributed by atoms with Gasteiger partial charge in [0.25, 0.3) is 9.05 Å². The van der Waals surface area contributed by atoms with Crippen molar-refractivity contribution >= 4 is 30.6 Å². The predicted octanol–water partition coefficient (Wildman–Crippen LogP) is 1.56. The first kappa shape index (κ1) is 9.36. The highest BCUT2D eigenvalue weighted by atomic mass is 35.7. The molecule has 0 radical (unpaired) electrons. The molecule has 72 valence electrons. The van der Waals surface area contributed by atoms with E-state index in [1.807, 2.05) is 0 Å². The largest absolute Gasteiger partial charge is 0.261 e. The first-order chi connectivity index (χ1) is 6.57. The van der Waals surface area contributed by atoms with Crippen LogP contribution in [0.3, 0.4) is 0 Å². The third-order valence-electron chi connectivity index (χ3n) is 1.76. The van der Waals surface area contributed by atoms with E-state index in [0.29, 0.717) is 10.9 Å². The van der Waals surface area contributed by atoms with Gasteiger partial charge in [-0.05, 0) is 18.2 Å². The first-order valence-corrected chi connectivity index (χ1v) is 6.03. The van der Waals surface area contributed by atoms with E-state index in [4.69, 9.17) is 10.7 Å². The number of hydrogen-bond acceptors (Lipinski definition) is 4. The molecule has 14 heavy (non-hydrogen) atoms. The molecule has 2 rings (SSSR count). The van der Waals surface area contributed by atoms with E-state index in [2.05, 4.69) is 9.97 Å². The Bertz CT molecular complexity index is 583. The molecule has 1 heterocycles. The Morgan fingerprint density at radius 3 is 2.79 bits per heavy atom. The van der Waals surface area contributed by atoms with Crippen molar-refractivity contribution in [3.63, 3.8) is 0 Å². The summed E-state index contributed by atoms with van der Waals surface area (Å²) in [5.74, 6) is 0. The van der Waals surface area contributed by atoms with Crippen LogP contribution >= 0.6 is 10.7 Å². The van der Waals surface area contributed by atoms with Gasteiger partial charge in [-0.3, -0.25) is 0 Å². The van der Waals surface area contributed by atoms with Crippen LogP contribution in [0.15, 0.2) is 35.6 Å². The van der Waals surface area contributed by atoms with E-state index in [-0.39, 0.29) is 4.90 Å². The number of fused-ring (bicyclic) bond motifs is 1. The molecule has 0 atom stereocenters. The van der Waals surface area contributed by atoms with Crippen molar-refractivity contribution < 1.29 is 8.42 Å². The maximum atomic E-state index is 11.0. The van der Waals surface area contributed by atoms with E-state index in [0.717, 1.165) is 0 Å². The van der Waals surface area contributed by atoms with E-state index in [9.17, 15) is 8.42 Å². The normalized spacial score (nSPS) is 11.8. The van der Waals surface area contributed by atoms with Crippen LogP contribution in [0.25, 0.3) is 10.9 Å². The lowest BCUT2D eigenvalue weighted by Crippen LogP contribution is -1.90. The summed E-state index contributed by atoms with van der Waals surface area (Å²) in [6.07, 6.45) is 2.94. The van der Waals surface area contributed by atoms with Crippen molar-refractivity contribution in [2.45, 2.75) is 4.90 Å². The quantitative estimate of drug-likeness (QED) is 0.695. The van der Waals surface area contributed by atoms with Crippen molar-refractivity contribution in [2.75, 3.05) is 0 Å². The van der Waals surface area contributed by atoms with Gasteiger partial charge in [0.1, 0.15) is 6.33 Å². The zero-order valence-electron chi connectivity index (χ0n) is 6.88. The fraction of sp³-hybridized carbons (Fsp3) is 0. The van der Waals surface area contributed by atoms with Gasteiger partial charge in [0.05, 0.1) is 10.4 Å². The second-order valence-electron chi connectivity index (χ2n) is 2.68. The molecular formula is C8H5ClN2O2S. The Kier molecular flexibility index (Phi) is 2.13. The average molecular weight is 229 g/mol. The second kappa shape index (κ2) is 3.18. The summed E-state index contributed by atoms with van der Waals surface area (Å²) in [4.78, 5) is 7.80. The van der Waals surface area contributed by atoms with Gasteiger partial charge in [-0.15, -0.1) is 0 Å². The van der Waals surface area contributed by atoms with Gasteiger partial charge >= 0.3 is 0 Å². The topological polar surface area (TPSA) is 59.9 Å². The summed E-state index contributed by atoms with van der Waals surface area (Å²) in [6.45, 7) is 0. The fourth-order valence-electron chi connectivity index (χ4n) is 1.11. The molecule has 0 saturated carbocycles. The fourth-order valence-corrected chi connectivity index (χ4v) is 1.90. The smallest absolute Gasteiger partial charge is 0.244 e. The standard InChI is InChI=1S/C8H5ClN2O2S/c9-14(12,13)7-1-2-8-6(3-7)4-10-5-11-8/h1-5H. The maximum Gasteiger partial charge on any atom is 0.261 e. The van der Waals surface area contributed by atoms with Crippen molar-refractivity contribution in [2.24, 2.45) is 0 Å². The molecule has 0 N–H and O–H groups in total. The minimum absolute atomic E-state index is 0.0569. The summed E-state index contributed by atoms with van der Waals surface area (Å²) in [5, 5.41) is 0.647. The number of rotatable bonds is 1. The van der Waals surface area contributed by atoms with Crippen LogP contribution in [0.5, 0.6) is 0 Å². The Labute approximate surface area is 85.0 Å². The number of hydrogen-bond donors (Lipinski definition) is 0. The van der Waals surface area contributed by atoms with Crippen molar-refractivity contribution in [3.05, 3.63) is 30.7 Å². The Morgan fingerprint density at radius 1 is 1.29 bits per heavy atom. The van der Waals surface area contributed by atoms with Gasteiger partial charge in [0.2, 0.25) is 0 Å². The third kappa shape index (κ3) is 1.69. The van der Waals surface area contributed by atoms with E-state index < -0.39 is 9.05 Å². The minimum Gasteiger partial charge on any atom is -0.244 e. The van der Waals surface area contributed by atoms with Crippen LogP contribution in [0.2, 0.25) is 0 Å². The summed E-state index contributed by atoms with van der Waals surface area (Å²) in [6, 6.07) is 4.45. The molecule has 0 spiro atoms. The second-order valence-corrected chi connectivity index (χ2v) is 5.25. The van der Waals surface area contributed by atoms with Gasteiger partial charge in [-0.2, -0.15) is 0 Å². The highest BCUT2D eigenvalue weighted by molar-refractivity contribution is 8.13. The third-order valence-corrected chi connectivity index (χ3v) is 3.11. The zero-order valence-corrected chi connectivity index (χ0v) is 8.46. The number of aromatic nitrogens is 2. The molecule has 1 aromatic heterocycles. The minimum atomic E-state index is -3.68. The van der Waals surface area contributed by atoms with Crippen molar-refractivity contribution in [3.8, 4) is 0 Å². The summed E-state index contributed by atoms with van der Waals surface area (Å²) < 4.78 is 22.0. The van der Waals surface area contributed by atoms with Gasteiger partial charge in [-0.25, -0.2) is 18.4 Å². The van der Waals surface area contributed by atoms with Gasteiger partial charge in [0.15, 0.2) is 0 Å². The van der Waals surface area contributed by atoms with Crippen LogP contribution in [-0.4, -0.2) is 18.4 Å². The van der Waals surface area contributed by atoms with Gasteiger partial charge in [-0.1, -0.05) is 0 Å². The Balaban J connectivity index is 2.75. The Hall–Kier alpha value is -1.20. The molecule has 2 aromatic rings. The molecule has 0 aliphatic heterocycles. The van der Waals surface area contributed by atoms with Crippen LogP contribution < -0.4 is 0 Å². The summed E-state index contributed by atoms with van der Waals surface area (Å²) in [7, 11) is 1.51. The molecule has 0 unspecified atom stereocenters. The van der Waals surface area contributed by atoms with E-state index in [1.54, 1.807) is 6.07 Å². The van der Waals surface area contributed by atoms with Gasteiger partial charge < -0.3 is 0 Å². The lowest BCUT2D eigenvalue weighted by atomic mass is 10.2. The van der Waals surface area contributed by atoms with Crippen LogP contribution in [0, 0.1) is 0 Å². The molecule has 0 saturated heterocycles. The molecule has 0 bridgehead atoms. The monoisotopic (exact) mass is 228 g/mol. The maximum absolute atomic E-state index is 11.0. The molecule has 6 heteroatoms. The number of halogens is 1. The van der Waals surface area contributed by atoms with Crippen LogP contribution in [0.4, 0.5) is 0 Å². The van der Waals surface area contributed by atoms with Gasteiger partial charge in [0, 0.05) is 22.3 Å². The zero-order chi connectivity index (χ0) is 10.2. The molecule has 0 aliphatic rings. The van der Waals surface area contributed by atoms with Crippen LogP contribution in [-0.2, 0) is 9.05 Å². The van der Waals surface area contributed by atoms with E-state index in [1.165, 1.54) is 24.7 Å². The van der Waals surface area contributed by atoms with Crippen LogP contribution in [0.1, 0.15) is 0 Å². The summed E-state index contributed by atoms with van der Waals surface area (Å²) >= 11 is 0. The number of benzene rings is 1. The number of nitrogens with zero attached hydrogens (tertiary/aromatic N) is 2. The molecule has 1 aromatic carbocycles. The van der Waals surface area contributed by atoms with Crippen molar-refractivity contribution in [1.29, 1.82) is 0 Å². The Morgan fingerprint density at radius 2 is 2.07 bits per heavy atom. The molecule has 0 amide bonds. The predicted molar refractivity (Wildman–Crippen MR) is 52.6 cm³/mol. The summed E-state index contributed by atoms with van der Waals surface area (Å²) in [5.41, 5.74) is 0.684.